The number of nitrogens with zero attached hydrogens (tertiary/aromatic N) is 4. The van der Waals surface area contributed by atoms with E-state index >= 15 is 0 Å². The van der Waals surface area contributed by atoms with Gasteiger partial charge in [-0.05, 0) is 24.8 Å². The van der Waals surface area contributed by atoms with Gasteiger partial charge in [-0.1, -0.05) is 74.2 Å². The Kier molecular flexibility index (Phi) is 8.49. The van der Waals surface area contributed by atoms with Crippen LogP contribution in [-0.4, -0.2) is 36.4 Å². The number of nitrogens with one attached hydrogen (secondary N) is 1. The standard InChI is InChI=1S/C26H35N5O3S/c1-29-23-22(24(33)30(2)26(29)34)28-25(31(23)17-15-19-11-7-6-8-12-19)35-18-16-21(32)27-20-13-9-4-3-5-10-14-20/h6-8,11-12,20H,3-5,9-10,13-18H2,1-2H3,(H,27,32). The summed E-state index contributed by atoms with van der Waals surface area (Å²) in [7, 11) is 3.14. The van der Waals surface area contributed by atoms with Crippen LogP contribution in [0.15, 0.2) is 45.1 Å². The SMILES string of the molecule is Cn1c(=O)c2nc(SCCC(=O)NC3CCCCCCC3)n(CCc3ccccc3)c2n(C)c1=O. The van der Waals surface area contributed by atoms with Crippen LogP contribution in [0.5, 0.6) is 0 Å². The summed E-state index contributed by atoms with van der Waals surface area (Å²) in [5.41, 5.74) is 1.20. The van der Waals surface area contributed by atoms with Gasteiger partial charge in [-0.15, -0.1) is 0 Å². The average Bonchev–Trinajstić information content (AvgIpc) is 3.21. The molecule has 0 spiro atoms. The molecule has 0 unspecified atom stereocenters. The topological polar surface area (TPSA) is 90.9 Å². The smallest absolute Gasteiger partial charge is 0.332 e. The lowest BCUT2D eigenvalue weighted by molar-refractivity contribution is -0.121. The zero-order valence-electron chi connectivity index (χ0n) is 20.7. The van der Waals surface area contributed by atoms with Crippen LogP contribution in [0, 0.1) is 0 Å². The molecule has 2 aromatic heterocycles. The van der Waals surface area contributed by atoms with Crippen molar-refractivity contribution in [3.63, 3.8) is 0 Å². The van der Waals surface area contributed by atoms with Gasteiger partial charge in [0, 0.05) is 38.9 Å². The van der Waals surface area contributed by atoms with Crippen LogP contribution in [0.3, 0.4) is 0 Å². The quantitative estimate of drug-likeness (QED) is 0.482. The number of amides is 1. The second-order valence-corrected chi connectivity index (χ2v) is 10.4. The zero-order chi connectivity index (χ0) is 24.8. The van der Waals surface area contributed by atoms with Gasteiger partial charge in [0.25, 0.3) is 5.56 Å². The average molecular weight is 498 g/mol. The van der Waals surface area contributed by atoms with E-state index in [0.717, 1.165) is 29.4 Å². The van der Waals surface area contributed by atoms with Crippen molar-refractivity contribution in [3.8, 4) is 0 Å². The Hall–Kier alpha value is -2.81. The highest BCUT2D eigenvalue weighted by Crippen LogP contribution is 2.23. The Labute approximate surface area is 209 Å². The summed E-state index contributed by atoms with van der Waals surface area (Å²) in [4.78, 5) is 42.6. The van der Waals surface area contributed by atoms with Crippen molar-refractivity contribution in [2.75, 3.05) is 5.75 Å². The summed E-state index contributed by atoms with van der Waals surface area (Å²) in [6.07, 6.45) is 9.42. The minimum absolute atomic E-state index is 0.0679. The number of aryl methyl sites for hydroxylation is 3. The number of imidazole rings is 1. The van der Waals surface area contributed by atoms with Crippen LogP contribution in [0.25, 0.3) is 11.2 Å². The Bertz CT molecular complexity index is 1270. The molecule has 188 valence electrons. The number of fused-ring (bicyclic) bond motifs is 1. The lowest BCUT2D eigenvalue weighted by Crippen LogP contribution is -2.37. The third-order valence-electron chi connectivity index (χ3n) is 6.80. The highest BCUT2D eigenvalue weighted by atomic mass is 32.2. The molecule has 2 heterocycles. The van der Waals surface area contributed by atoms with E-state index in [-0.39, 0.29) is 23.2 Å². The maximum atomic E-state index is 12.8. The number of benzene rings is 1. The van der Waals surface area contributed by atoms with E-state index in [9.17, 15) is 14.4 Å². The van der Waals surface area contributed by atoms with Gasteiger partial charge in [-0.3, -0.25) is 18.7 Å². The molecule has 35 heavy (non-hydrogen) atoms. The summed E-state index contributed by atoms with van der Waals surface area (Å²) in [5.74, 6) is 0.625. The third-order valence-corrected chi connectivity index (χ3v) is 7.78. The Morgan fingerprint density at radius 3 is 2.43 bits per heavy atom. The Morgan fingerprint density at radius 2 is 1.71 bits per heavy atom. The van der Waals surface area contributed by atoms with Crippen molar-refractivity contribution in [2.45, 2.75) is 75.5 Å². The van der Waals surface area contributed by atoms with E-state index in [1.165, 1.54) is 55.5 Å². The van der Waals surface area contributed by atoms with Crippen LogP contribution in [0.1, 0.15) is 56.9 Å². The monoisotopic (exact) mass is 497 g/mol. The lowest BCUT2D eigenvalue weighted by atomic mass is 9.97. The molecule has 9 heteroatoms. The number of carbonyl (C=O) groups excluding carboxylic acids is 1. The van der Waals surface area contributed by atoms with Crippen LogP contribution in [0.4, 0.5) is 0 Å². The molecule has 0 saturated heterocycles. The van der Waals surface area contributed by atoms with Crippen molar-refractivity contribution in [1.82, 2.24) is 24.0 Å². The largest absolute Gasteiger partial charge is 0.353 e. The van der Waals surface area contributed by atoms with Crippen LogP contribution in [0.2, 0.25) is 0 Å². The molecular weight excluding hydrogens is 462 g/mol. The first-order chi connectivity index (χ1) is 17.0. The molecule has 0 aliphatic heterocycles. The molecule has 1 aliphatic rings. The molecule has 0 atom stereocenters. The van der Waals surface area contributed by atoms with Crippen molar-refractivity contribution in [3.05, 3.63) is 56.7 Å². The van der Waals surface area contributed by atoms with E-state index in [2.05, 4.69) is 22.4 Å². The van der Waals surface area contributed by atoms with E-state index in [4.69, 9.17) is 0 Å². The third kappa shape index (κ3) is 6.07. The lowest BCUT2D eigenvalue weighted by Gasteiger charge is -2.21. The highest BCUT2D eigenvalue weighted by molar-refractivity contribution is 7.99. The van der Waals surface area contributed by atoms with Crippen LogP contribution >= 0.6 is 11.8 Å². The maximum absolute atomic E-state index is 12.8. The molecule has 8 nitrogen and oxygen atoms in total. The van der Waals surface area contributed by atoms with E-state index in [0.29, 0.717) is 29.5 Å². The first-order valence-electron chi connectivity index (χ1n) is 12.6. The maximum Gasteiger partial charge on any atom is 0.332 e. The van der Waals surface area contributed by atoms with Gasteiger partial charge in [0.15, 0.2) is 16.3 Å². The number of carbonyl (C=O) groups is 1. The van der Waals surface area contributed by atoms with Crippen molar-refractivity contribution in [1.29, 1.82) is 0 Å². The summed E-state index contributed by atoms with van der Waals surface area (Å²) >= 11 is 1.46. The van der Waals surface area contributed by atoms with Crippen molar-refractivity contribution < 1.29 is 4.79 Å². The number of hydrogen-bond donors (Lipinski definition) is 1. The number of rotatable bonds is 8. The van der Waals surface area contributed by atoms with Gasteiger partial charge < -0.3 is 9.88 Å². The number of hydrogen-bond acceptors (Lipinski definition) is 5. The second kappa shape index (κ2) is 11.7. The van der Waals surface area contributed by atoms with E-state index in [1.807, 2.05) is 22.8 Å². The highest BCUT2D eigenvalue weighted by Gasteiger charge is 2.20. The molecule has 1 fully saturated rings. The minimum atomic E-state index is -0.398. The second-order valence-electron chi connectivity index (χ2n) is 9.37. The molecule has 1 aromatic carbocycles. The predicted octanol–water partition coefficient (Wildman–Crippen LogP) is 3.39. The molecule has 1 saturated carbocycles. The summed E-state index contributed by atoms with van der Waals surface area (Å²) in [6.45, 7) is 0.581. The van der Waals surface area contributed by atoms with Crippen LogP contribution in [-0.2, 0) is 31.9 Å². The number of aromatic nitrogens is 4. The van der Waals surface area contributed by atoms with Gasteiger partial charge in [0.1, 0.15) is 0 Å². The van der Waals surface area contributed by atoms with Gasteiger partial charge in [-0.2, -0.15) is 0 Å². The molecule has 1 N–H and O–H groups in total. The Morgan fingerprint density at radius 1 is 1.03 bits per heavy atom. The molecule has 3 aromatic rings. The fraction of sp³-hybridized carbons (Fsp3) is 0.538. The molecule has 1 amide bonds. The number of thioether (sulfide) groups is 1. The van der Waals surface area contributed by atoms with Crippen molar-refractivity contribution in [2.24, 2.45) is 14.1 Å². The molecular formula is C26H35N5O3S. The molecule has 0 bridgehead atoms. The van der Waals surface area contributed by atoms with E-state index < -0.39 is 5.56 Å². The first kappa shape index (κ1) is 25.3. The molecule has 1 aliphatic carbocycles. The molecule has 4 rings (SSSR count). The molecule has 0 radical (unpaired) electrons. The van der Waals surface area contributed by atoms with E-state index in [1.54, 1.807) is 7.05 Å². The van der Waals surface area contributed by atoms with Crippen LogP contribution < -0.4 is 16.6 Å². The fourth-order valence-corrected chi connectivity index (χ4v) is 5.76. The minimum Gasteiger partial charge on any atom is -0.353 e. The van der Waals surface area contributed by atoms with Crippen molar-refractivity contribution >= 4 is 28.8 Å². The fourth-order valence-electron chi connectivity index (χ4n) is 4.80. The summed E-state index contributed by atoms with van der Waals surface area (Å²) in [5, 5.41) is 3.88. The first-order valence-corrected chi connectivity index (χ1v) is 13.6. The van der Waals surface area contributed by atoms with Gasteiger partial charge in [0.05, 0.1) is 0 Å². The van der Waals surface area contributed by atoms with Gasteiger partial charge in [0.2, 0.25) is 5.91 Å². The summed E-state index contributed by atoms with van der Waals surface area (Å²) < 4.78 is 4.52. The predicted molar refractivity (Wildman–Crippen MR) is 140 cm³/mol. The Balaban J connectivity index is 1.50. The van der Waals surface area contributed by atoms with Gasteiger partial charge >= 0.3 is 5.69 Å². The normalized spacial score (nSPS) is 15.1. The summed E-state index contributed by atoms with van der Waals surface area (Å²) in [6, 6.07) is 10.4. The zero-order valence-corrected chi connectivity index (χ0v) is 21.5. The van der Waals surface area contributed by atoms with Gasteiger partial charge in [-0.25, -0.2) is 9.78 Å².